The van der Waals surface area contributed by atoms with E-state index in [0.717, 1.165) is 5.56 Å². The minimum Gasteiger partial charge on any atom is -0.250 e. The highest BCUT2D eigenvalue weighted by molar-refractivity contribution is 5.23. The van der Waals surface area contributed by atoms with Crippen molar-refractivity contribution in [3.63, 3.8) is 0 Å². The fourth-order valence-electron chi connectivity index (χ4n) is 0.984. The third kappa shape index (κ3) is 2.04. The molecule has 1 aromatic rings. The molecule has 11 heavy (non-hydrogen) atoms. The summed E-state index contributed by atoms with van der Waals surface area (Å²) in [7, 11) is 0. The molecule has 0 aliphatic rings. The molecule has 0 fully saturated rings. The molecular weight excluding hydrogens is 139 g/mol. The summed E-state index contributed by atoms with van der Waals surface area (Å²) >= 11 is 0. The van der Waals surface area contributed by atoms with E-state index < -0.39 is 0 Å². The lowest BCUT2D eigenvalue weighted by Gasteiger charge is -2.06. The minimum absolute atomic E-state index is 0.0376. The number of benzene rings is 1. The number of alkyl halides is 1. The van der Waals surface area contributed by atoms with Crippen molar-refractivity contribution in [2.45, 2.75) is 19.8 Å². The summed E-state index contributed by atoms with van der Waals surface area (Å²) in [5, 5.41) is 0. The van der Waals surface area contributed by atoms with Crippen molar-refractivity contribution in [2.24, 2.45) is 0 Å². The quantitative estimate of drug-likeness (QED) is 0.611. The van der Waals surface area contributed by atoms with E-state index in [1.54, 1.807) is 0 Å². The standard InChI is InChI=1S/C10H13F/c1-8-3-5-10(6-4-8)9(2)7-11/h3-6,9H,7H2,1-2H3. The summed E-state index contributed by atoms with van der Waals surface area (Å²) in [6.45, 7) is 3.65. The van der Waals surface area contributed by atoms with Gasteiger partial charge in [0.25, 0.3) is 0 Å². The summed E-state index contributed by atoms with van der Waals surface area (Å²) in [5.41, 5.74) is 2.30. The van der Waals surface area contributed by atoms with E-state index in [1.807, 2.05) is 38.1 Å². The van der Waals surface area contributed by atoms with Gasteiger partial charge >= 0.3 is 0 Å². The van der Waals surface area contributed by atoms with E-state index in [-0.39, 0.29) is 12.6 Å². The van der Waals surface area contributed by atoms with Crippen molar-refractivity contribution < 1.29 is 4.39 Å². The van der Waals surface area contributed by atoms with Crippen LogP contribution in [-0.4, -0.2) is 6.67 Å². The molecule has 0 amide bonds. The van der Waals surface area contributed by atoms with E-state index in [0.29, 0.717) is 0 Å². The van der Waals surface area contributed by atoms with Crippen LogP contribution in [0.15, 0.2) is 24.3 Å². The van der Waals surface area contributed by atoms with Gasteiger partial charge in [0.2, 0.25) is 0 Å². The van der Waals surface area contributed by atoms with Crippen LogP contribution in [0.3, 0.4) is 0 Å². The van der Waals surface area contributed by atoms with E-state index in [9.17, 15) is 4.39 Å². The second-order valence-electron chi connectivity index (χ2n) is 2.97. The lowest BCUT2D eigenvalue weighted by Crippen LogP contribution is -1.94. The molecule has 0 spiro atoms. The number of halogens is 1. The Kier molecular flexibility index (Phi) is 2.64. The van der Waals surface area contributed by atoms with Crippen LogP contribution in [0.4, 0.5) is 4.39 Å². The molecule has 0 saturated heterocycles. The number of aryl methyl sites for hydroxylation is 1. The molecule has 0 aromatic heterocycles. The molecule has 0 aliphatic carbocycles. The molecule has 0 bridgehead atoms. The maximum Gasteiger partial charge on any atom is 0.0960 e. The first-order valence-electron chi connectivity index (χ1n) is 3.86. The molecule has 0 heterocycles. The van der Waals surface area contributed by atoms with Gasteiger partial charge in [-0.1, -0.05) is 36.8 Å². The second kappa shape index (κ2) is 3.51. The lowest BCUT2D eigenvalue weighted by molar-refractivity contribution is 0.447. The van der Waals surface area contributed by atoms with Crippen LogP contribution >= 0.6 is 0 Å². The van der Waals surface area contributed by atoms with Gasteiger partial charge in [0.15, 0.2) is 0 Å². The summed E-state index contributed by atoms with van der Waals surface area (Å²) in [4.78, 5) is 0. The smallest absolute Gasteiger partial charge is 0.0960 e. The zero-order chi connectivity index (χ0) is 8.27. The normalized spacial score (nSPS) is 13.0. The van der Waals surface area contributed by atoms with Gasteiger partial charge in [-0.2, -0.15) is 0 Å². The van der Waals surface area contributed by atoms with Crippen molar-refractivity contribution in [1.82, 2.24) is 0 Å². The van der Waals surface area contributed by atoms with Crippen molar-refractivity contribution in [2.75, 3.05) is 6.67 Å². The average Bonchev–Trinajstić information content (AvgIpc) is 2.05. The second-order valence-corrected chi connectivity index (χ2v) is 2.97. The molecule has 0 nitrogen and oxygen atoms in total. The Morgan fingerprint density at radius 3 is 2.27 bits per heavy atom. The zero-order valence-corrected chi connectivity index (χ0v) is 6.97. The third-order valence-corrected chi connectivity index (χ3v) is 1.88. The van der Waals surface area contributed by atoms with Crippen LogP contribution in [0.5, 0.6) is 0 Å². The van der Waals surface area contributed by atoms with Crippen LogP contribution in [0, 0.1) is 6.92 Å². The Hall–Kier alpha value is -0.850. The summed E-state index contributed by atoms with van der Waals surface area (Å²) in [5.74, 6) is 0.0376. The molecule has 60 valence electrons. The van der Waals surface area contributed by atoms with Crippen molar-refractivity contribution in [1.29, 1.82) is 0 Å². The predicted molar refractivity (Wildman–Crippen MR) is 45.6 cm³/mol. The topological polar surface area (TPSA) is 0 Å². The molecule has 1 atom stereocenters. The Morgan fingerprint density at radius 1 is 1.27 bits per heavy atom. The van der Waals surface area contributed by atoms with Gasteiger partial charge in [-0.25, -0.2) is 0 Å². The first-order valence-corrected chi connectivity index (χ1v) is 3.86. The van der Waals surface area contributed by atoms with Crippen LogP contribution in [0.2, 0.25) is 0 Å². The number of rotatable bonds is 2. The lowest BCUT2D eigenvalue weighted by atomic mass is 10.0. The first kappa shape index (κ1) is 8.25. The molecule has 1 aromatic carbocycles. The van der Waals surface area contributed by atoms with Crippen molar-refractivity contribution >= 4 is 0 Å². The average molecular weight is 152 g/mol. The van der Waals surface area contributed by atoms with Crippen LogP contribution < -0.4 is 0 Å². The van der Waals surface area contributed by atoms with Gasteiger partial charge in [0.1, 0.15) is 0 Å². The molecular formula is C10H13F. The van der Waals surface area contributed by atoms with Gasteiger partial charge < -0.3 is 0 Å². The summed E-state index contributed by atoms with van der Waals surface area (Å²) < 4.78 is 12.2. The molecule has 1 heteroatoms. The summed E-state index contributed by atoms with van der Waals surface area (Å²) in [6.07, 6.45) is 0. The highest BCUT2D eigenvalue weighted by atomic mass is 19.1. The highest BCUT2D eigenvalue weighted by Gasteiger charge is 2.02. The van der Waals surface area contributed by atoms with Crippen LogP contribution in [-0.2, 0) is 0 Å². The molecule has 0 radical (unpaired) electrons. The third-order valence-electron chi connectivity index (χ3n) is 1.88. The molecule has 1 rings (SSSR count). The van der Waals surface area contributed by atoms with Crippen molar-refractivity contribution in [3.05, 3.63) is 35.4 Å². The SMILES string of the molecule is Cc1ccc(C(C)CF)cc1. The maximum absolute atomic E-state index is 12.2. The fourth-order valence-corrected chi connectivity index (χ4v) is 0.984. The highest BCUT2D eigenvalue weighted by Crippen LogP contribution is 2.15. The molecule has 0 aliphatic heterocycles. The molecule has 1 unspecified atom stereocenters. The minimum atomic E-state index is -0.275. The van der Waals surface area contributed by atoms with E-state index in [1.165, 1.54) is 5.56 Å². The van der Waals surface area contributed by atoms with Crippen LogP contribution in [0.25, 0.3) is 0 Å². The Bertz CT molecular complexity index is 213. The van der Waals surface area contributed by atoms with Crippen molar-refractivity contribution in [3.8, 4) is 0 Å². The Labute approximate surface area is 67.1 Å². The Morgan fingerprint density at radius 2 is 1.82 bits per heavy atom. The predicted octanol–water partition coefficient (Wildman–Crippen LogP) is 3.07. The van der Waals surface area contributed by atoms with Gasteiger partial charge in [0.05, 0.1) is 6.67 Å². The van der Waals surface area contributed by atoms with Gasteiger partial charge in [-0.15, -0.1) is 0 Å². The summed E-state index contributed by atoms with van der Waals surface area (Å²) in [6, 6.07) is 8.00. The number of hydrogen-bond acceptors (Lipinski definition) is 0. The maximum atomic E-state index is 12.2. The van der Waals surface area contributed by atoms with E-state index in [4.69, 9.17) is 0 Å². The largest absolute Gasteiger partial charge is 0.250 e. The van der Waals surface area contributed by atoms with Crippen LogP contribution in [0.1, 0.15) is 24.0 Å². The Balaban J connectivity index is 2.81. The van der Waals surface area contributed by atoms with E-state index in [2.05, 4.69) is 0 Å². The first-order chi connectivity index (χ1) is 5.24. The van der Waals surface area contributed by atoms with Gasteiger partial charge in [-0.05, 0) is 12.5 Å². The van der Waals surface area contributed by atoms with Gasteiger partial charge in [0, 0.05) is 5.92 Å². The monoisotopic (exact) mass is 152 g/mol. The molecule has 0 saturated carbocycles. The fraction of sp³-hybridized carbons (Fsp3) is 0.400. The zero-order valence-electron chi connectivity index (χ0n) is 6.97. The van der Waals surface area contributed by atoms with E-state index >= 15 is 0 Å². The molecule has 0 N–H and O–H groups in total. The van der Waals surface area contributed by atoms with Gasteiger partial charge in [-0.3, -0.25) is 4.39 Å². The number of hydrogen-bond donors (Lipinski definition) is 0.